The van der Waals surface area contributed by atoms with Gasteiger partial charge in [0, 0.05) is 5.56 Å². The van der Waals surface area contributed by atoms with Crippen molar-refractivity contribution in [3.05, 3.63) is 29.8 Å². The maximum atomic E-state index is 11.3. The predicted octanol–water partition coefficient (Wildman–Crippen LogP) is 2.59. The molecule has 1 fully saturated rings. The zero-order chi connectivity index (χ0) is 11.8. The van der Waals surface area contributed by atoms with Crippen LogP contribution in [0.4, 0.5) is 0 Å². The molecule has 2 rings (SSSR count). The summed E-state index contributed by atoms with van der Waals surface area (Å²) in [5.41, 5.74) is 0.127. The number of hydrogen-bond acceptors (Lipinski definition) is 2. The first-order valence-electron chi connectivity index (χ1n) is 5.56. The van der Waals surface area contributed by atoms with Crippen LogP contribution in [0.15, 0.2) is 24.3 Å². The molecule has 1 aromatic carbocycles. The number of para-hydroxylation sites is 1. The molecule has 1 N–H and O–H groups in total. The van der Waals surface area contributed by atoms with Crippen LogP contribution >= 0.6 is 0 Å². The highest BCUT2D eigenvalue weighted by atomic mass is 16.5. The van der Waals surface area contributed by atoms with E-state index < -0.39 is 11.4 Å². The molecule has 3 heteroatoms. The Morgan fingerprint density at radius 1 is 1.38 bits per heavy atom. The lowest BCUT2D eigenvalue weighted by Crippen LogP contribution is -2.21. The fraction of sp³-hybridized carbons (Fsp3) is 0.462. The molecule has 1 saturated carbocycles. The van der Waals surface area contributed by atoms with Crippen molar-refractivity contribution in [1.82, 2.24) is 0 Å². The summed E-state index contributed by atoms with van der Waals surface area (Å²) in [7, 11) is 0. The zero-order valence-electron chi connectivity index (χ0n) is 9.56. The molecule has 0 amide bonds. The van der Waals surface area contributed by atoms with Gasteiger partial charge in [0.15, 0.2) is 0 Å². The Labute approximate surface area is 95.0 Å². The van der Waals surface area contributed by atoms with Gasteiger partial charge >= 0.3 is 5.97 Å². The predicted molar refractivity (Wildman–Crippen MR) is 60.8 cm³/mol. The number of rotatable bonds is 4. The van der Waals surface area contributed by atoms with E-state index in [2.05, 4.69) is 0 Å². The molecule has 0 atom stereocenters. The first-order valence-corrected chi connectivity index (χ1v) is 5.56. The topological polar surface area (TPSA) is 46.5 Å². The normalized spacial score (nSPS) is 17.2. The smallest absolute Gasteiger partial charge is 0.314 e. The largest absolute Gasteiger partial charge is 0.491 e. The van der Waals surface area contributed by atoms with Crippen molar-refractivity contribution in [2.45, 2.75) is 38.2 Å². The Balaban J connectivity index is 2.37. The Kier molecular flexibility index (Phi) is 2.62. The molecule has 0 radical (unpaired) electrons. The maximum Gasteiger partial charge on any atom is 0.314 e. The Bertz CT molecular complexity index is 405. The first-order chi connectivity index (χ1) is 7.56. The molecule has 1 aliphatic rings. The highest BCUT2D eigenvalue weighted by molar-refractivity contribution is 5.86. The number of ether oxygens (including phenoxy) is 1. The van der Waals surface area contributed by atoms with Crippen LogP contribution < -0.4 is 4.74 Å². The average Bonchev–Trinajstić information content (AvgIpc) is 2.98. The molecule has 16 heavy (non-hydrogen) atoms. The van der Waals surface area contributed by atoms with Crippen molar-refractivity contribution >= 4 is 5.97 Å². The molecular formula is C13H16O3. The van der Waals surface area contributed by atoms with Crippen LogP contribution in [0.2, 0.25) is 0 Å². The third-order valence-corrected chi connectivity index (χ3v) is 2.92. The van der Waals surface area contributed by atoms with E-state index in [1.165, 1.54) is 0 Å². The van der Waals surface area contributed by atoms with Gasteiger partial charge in [0.25, 0.3) is 0 Å². The van der Waals surface area contributed by atoms with Gasteiger partial charge < -0.3 is 9.84 Å². The van der Waals surface area contributed by atoms with Crippen LogP contribution in [0.3, 0.4) is 0 Å². The van der Waals surface area contributed by atoms with Crippen molar-refractivity contribution < 1.29 is 14.6 Å². The van der Waals surface area contributed by atoms with Crippen LogP contribution in [0.25, 0.3) is 0 Å². The minimum atomic E-state index is -0.743. The summed E-state index contributed by atoms with van der Waals surface area (Å²) < 4.78 is 5.66. The molecule has 3 nitrogen and oxygen atoms in total. The first kappa shape index (κ1) is 11.0. The van der Waals surface area contributed by atoms with Crippen LogP contribution in [0.5, 0.6) is 5.75 Å². The van der Waals surface area contributed by atoms with Crippen molar-refractivity contribution in [3.63, 3.8) is 0 Å². The van der Waals surface area contributed by atoms with Crippen molar-refractivity contribution in [2.24, 2.45) is 0 Å². The SMILES string of the molecule is CC(C)Oc1ccccc1C1(C(=O)O)CC1. The van der Waals surface area contributed by atoms with E-state index in [0.29, 0.717) is 18.6 Å². The van der Waals surface area contributed by atoms with E-state index in [1.54, 1.807) is 0 Å². The lowest BCUT2D eigenvalue weighted by atomic mass is 9.95. The Morgan fingerprint density at radius 2 is 2.00 bits per heavy atom. The molecule has 0 spiro atoms. The third kappa shape index (κ3) is 1.77. The van der Waals surface area contributed by atoms with Gasteiger partial charge in [0.05, 0.1) is 11.5 Å². The third-order valence-electron chi connectivity index (χ3n) is 2.92. The van der Waals surface area contributed by atoms with Crippen LogP contribution in [0.1, 0.15) is 32.3 Å². The summed E-state index contributed by atoms with van der Waals surface area (Å²) in [6.07, 6.45) is 1.48. The quantitative estimate of drug-likeness (QED) is 0.848. The highest BCUT2D eigenvalue weighted by Gasteiger charge is 2.53. The summed E-state index contributed by atoms with van der Waals surface area (Å²) in [6.45, 7) is 3.88. The van der Waals surface area contributed by atoms with Gasteiger partial charge in [-0.15, -0.1) is 0 Å². The van der Waals surface area contributed by atoms with E-state index in [0.717, 1.165) is 5.56 Å². The number of hydrogen-bond donors (Lipinski definition) is 1. The maximum absolute atomic E-state index is 11.3. The van der Waals surface area contributed by atoms with Gasteiger partial charge in [-0.2, -0.15) is 0 Å². The standard InChI is InChI=1S/C13H16O3/c1-9(2)16-11-6-4-3-5-10(11)13(7-8-13)12(14)15/h3-6,9H,7-8H2,1-2H3,(H,14,15). The molecule has 0 aliphatic heterocycles. The van der Waals surface area contributed by atoms with E-state index in [1.807, 2.05) is 38.1 Å². The summed E-state index contributed by atoms with van der Waals surface area (Å²) >= 11 is 0. The van der Waals surface area contributed by atoms with Gasteiger partial charge in [-0.3, -0.25) is 4.79 Å². The summed E-state index contributed by atoms with van der Waals surface area (Å²) in [4.78, 5) is 11.3. The minimum Gasteiger partial charge on any atom is -0.491 e. The van der Waals surface area contributed by atoms with Gasteiger partial charge in [0.1, 0.15) is 5.75 Å². The van der Waals surface area contributed by atoms with E-state index in [9.17, 15) is 9.90 Å². The fourth-order valence-electron chi connectivity index (χ4n) is 1.94. The number of carboxylic acids is 1. The minimum absolute atomic E-state index is 0.0609. The van der Waals surface area contributed by atoms with Gasteiger partial charge in [-0.05, 0) is 32.8 Å². The van der Waals surface area contributed by atoms with Gasteiger partial charge in [-0.1, -0.05) is 18.2 Å². The molecule has 0 bridgehead atoms. The van der Waals surface area contributed by atoms with Crippen molar-refractivity contribution in [1.29, 1.82) is 0 Å². The van der Waals surface area contributed by atoms with Crippen LogP contribution in [0, 0.1) is 0 Å². The average molecular weight is 220 g/mol. The molecule has 86 valence electrons. The Hall–Kier alpha value is -1.51. The zero-order valence-corrected chi connectivity index (χ0v) is 9.56. The van der Waals surface area contributed by atoms with Crippen LogP contribution in [-0.4, -0.2) is 17.2 Å². The highest BCUT2D eigenvalue weighted by Crippen LogP contribution is 2.51. The lowest BCUT2D eigenvalue weighted by molar-refractivity contribution is -0.140. The number of benzene rings is 1. The molecule has 1 aromatic rings. The number of carboxylic acid groups (broad SMARTS) is 1. The molecular weight excluding hydrogens is 204 g/mol. The van der Waals surface area contributed by atoms with E-state index >= 15 is 0 Å². The van der Waals surface area contributed by atoms with E-state index in [4.69, 9.17) is 4.74 Å². The summed E-state index contributed by atoms with van der Waals surface area (Å²) in [5.74, 6) is -0.0373. The number of carbonyl (C=O) groups is 1. The summed E-state index contributed by atoms with van der Waals surface area (Å²) in [6, 6.07) is 7.45. The molecule has 0 unspecified atom stereocenters. The second kappa shape index (κ2) is 3.81. The van der Waals surface area contributed by atoms with Gasteiger partial charge in [-0.25, -0.2) is 0 Å². The van der Waals surface area contributed by atoms with Crippen molar-refractivity contribution in [2.75, 3.05) is 0 Å². The second-order valence-corrected chi connectivity index (χ2v) is 4.55. The Morgan fingerprint density at radius 3 is 2.50 bits per heavy atom. The van der Waals surface area contributed by atoms with Crippen LogP contribution in [-0.2, 0) is 10.2 Å². The summed E-state index contributed by atoms with van der Waals surface area (Å²) in [5, 5.41) is 9.26. The molecule has 0 saturated heterocycles. The number of aliphatic carboxylic acids is 1. The molecule has 0 heterocycles. The van der Waals surface area contributed by atoms with Gasteiger partial charge in [0.2, 0.25) is 0 Å². The van der Waals surface area contributed by atoms with E-state index in [-0.39, 0.29) is 6.10 Å². The lowest BCUT2D eigenvalue weighted by Gasteiger charge is -2.18. The molecule has 0 aromatic heterocycles. The molecule has 1 aliphatic carbocycles. The van der Waals surface area contributed by atoms with Crippen molar-refractivity contribution in [3.8, 4) is 5.75 Å². The second-order valence-electron chi connectivity index (χ2n) is 4.55. The monoisotopic (exact) mass is 220 g/mol. The fourth-order valence-corrected chi connectivity index (χ4v) is 1.94.